The number of hydrogen-bond acceptors (Lipinski definition) is 2. The molecule has 4 heteroatoms. The third kappa shape index (κ3) is 6.07. The van der Waals surface area contributed by atoms with Gasteiger partial charge in [0, 0.05) is 27.1 Å². The van der Waals surface area contributed by atoms with Crippen molar-refractivity contribution in [2.75, 3.05) is 6.54 Å². The second kappa shape index (κ2) is 8.72. The average molecular weight is 302 g/mol. The molecule has 1 rings (SSSR count). The predicted molar refractivity (Wildman–Crippen MR) is 85.1 cm³/mol. The van der Waals surface area contributed by atoms with Crippen LogP contribution in [-0.2, 0) is 16.6 Å². The summed E-state index contributed by atoms with van der Waals surface area (Å²) >= 11 is 6.10. The number of hydrogen-bond donors (Lipinski definition) is 1. The molecule has 0 saturated carbocycles. The van der Waals surface area contributed by atoms with E-state index in [0.29, 0.717) is 16.8 Å². The molecule has 108 valence electrons. The highest BCUT2D eigenvalue weighted by atomic mass is 35.5. The third-order valence-electron chi connectivity index (χ3n) is 3.13. The summed E-state index contributed by atoms with van der Waals surface area (Å²) in [4.78, 5) is 0. The molecule has 0 bridgehead atoms. The van der Waals surface area contributed by atoms with Crippen LogP contribution in [0.5, 0.6) is 0 Å². The van der Waals surface area contributed by atoms with Crippen LogP contribution in [-0.4, -0.2) is 22.0 Å². The van der Waals surface area contributed by atoms with Gasteiger partial charge in [-0.25, -0.2) is 0 Å². The van der Waals surface area contributed by atoms with Crippen LogP contribution in [0.1, 0.15) is 39.2 Å². The van der Waals surface area contributed by atoms with Gasteiger partial charge in [-0.15, -0.1) is 0 Å². The minimum Gasteiger partial charge on any atom is -0.314 e. The van der Waals surface area contributed by atoms with Gasteiger partial charge < -0.3 is 5.32 Å². The van der Waals surface area contributed by atoms with Crippen LogP contribution in [0.3, 0.4) is 0 Å². The standard InChI is InChI=1S/C15H24ClNOS/c1-4-9-17-12(2)10-13(3)19(18)11-14-7-5-6-8-15(14)16/h5-8,12-13,17H,4,9-11H2,1-3H3. The fourth-order valence-electron chi connectivity index (χ4n) is 1.99. The fraction of sp³-hybridized carbons (Fsp3) is 0.600. The van der Waals surface area contributed by atoms with E-state index in [1.807, 2.05) is 24.3 Å². The molecular weight excluding hydrogens is 278 g/mol. The van der Waals surface area contributed by atoms with E-state index in [9.17, 15) is 4.21 Å². The summed E-state index contributed by atoms with van der Waals surface area (Å²) in [6.45, 7) is 7.37. The van der Waals surface area contributed by atoms with Gasteiger partial charge >= 0.3 is 0 Å². The largest absolute Gasteiger partial charge is 0.314 e. The average Bonchev–Trinajstić information content (AvgIpc) is 2.38. The minimum atomic E-state index is -0.877. The lowest BCUT2D eigenvalue weighted by molar-refractivity contribution is 0.508. The third-order valence-corrected chi connectivity index (χ3v) is 5.19. The number of rotatable bonds is 8. The van der Waals surface area contributed by atoms with Gasteiger partial charge in [0.2, 0.25) is 0 Å². The summed E-state index contributed by atoms with van der Waals surface area (Å²) < 4.78 is 12.3. The Labute approximate surface area is 124 Å². The van der Waals surface area contributed by atoms with Crippen molar-refractivity contribution >= 4 is 22.4 Å². The lowest BCUT2D eigenvalue weighted by Gasteiger charge is -2.18. The van der Waals surface area contributed by atoms with Crippen molar-refractivity contribution in [3.8, 4) is 0 Å². The van der Waals surface area contributed by atoms with Gasteiger partial charge in [0.05, 0.1) is 5.75 Å². The second-order valence-corrected chi connectivity index (χ2v) is 7.28. The van der Waals surface area contributed by atoms with E-state index in [-0.39, 0.29) is 5.25 Å². The molecule has 1 aromatic rings. The van der Waals surface area contributed by atoms with Crippen LogP contribution >= 0.6 is 11.6 Å². The van der Waals surface area contributed by atoms with Crippen LogP contribution in [0, 0.1) is 0 Å². The molecule has 0 aliphatic rings. The summed E-state index contributed by atoms with van der Waals surface area (Å²) in [6, 6.07) is 8.05. The molecule has 0 aliphatic carbocycles. The fourth-order valence-corrected chi connectivity index (χ4v) is 3.62. The zero-order valence-corrected chi connectivity index (χ0v) is 13.6. The topological polar surface area (TPSA) is 29.1 Å². The first-order valence-corrected chi connectivity index (χ1v) is 8.64. The van der Waals surface area contributed by atoms with E-state index in [1.54, 1.807) is 0 Å². The Morgan fingerprint density at radius 2 is 2.00 bits per heavy atom. The van der Waals surface area contributed by atoms with Gasteiger partial charge in [-0.05, 0) is 37.9 Å². The lowest BCUT2D eigenvalue weighted by atomic mass is 10.2. The van der Waals surface area contributed by atoms with Crippen LogP contribution in [0.15, 0.2) is 24.3 Å². The monoisotopic (exact) mass is 301 g/mol. The molecule has 3 unspecified atom stereocenters. The van der Waals surface area contributed by atoms with E-state index < -0.39 is 10.8 Å². The Balaban J connectivity index is 2.47. The van der Waals surface area contributed by atoms with Crippen LogP contribution in [0.4, 0.5) is 0 Å². The molecule has 0 fully saturated rings. The Kier molecular flexibility index (Phi) is 7.66. The van der Waals surface area contributed by atoms with E-state index in [4.69, 9.17) is 11.6 Å². The Bertz CT molecular complexity index is 411. The summed E-state index contributed by atoms with van der Waals surface area (Å²) in [7, 11) is -0.877. The van der Waals surface area contributed by atoms with Crippen molar-refractivity contribution in [3.05, 3.63) is 34.9 Å². The number of halogens is 1. The zero-order chi connectivity index (χ0) is 14.3. The molecule has 2 nitrogen and oxygen atoms in total. The van der Waals surface area contributed by atoms with E-state index >= 15 is 0 Å². The van der Waals surface area contributed by atoms with Crippen molar-refractivity contribution in [2.24, 2.45) is 0 Å². The normalized spacial score (nSPS) is 16.0. The SMILES string of the molecule is CCCNC(C)CC(C)S(=O)Cc1ccccc1Cl. The van der Waals surface area contributed by atoms with Crippen molar-refractivity contribution in [1.29, 1.82) is 0 Å². The molecule has 19 heavy (non-hydrogen) atoms. The molecule has 0 amide bonds. The summed E-state index contributed by atoms with van der Waals surface area (Å²) in [6.07, 6.45) is 2.05. The van der Waals surface area contributed by atoms with Crippen molar-refractivity contribution < 1.29 is 4.21 Å². The number of benzene rings is 1. The molecule has 1 N–H and O–H groups in total. The molecule has 0 aromatic heterocycles. The van der Waals surface area contributed by atoms with E-state index in [1.165, 1.54) is 0 Å². The van der Waals surface area contributed by atoms with Gasteiger partial charge in [0.1, 0.15) is 0 Å². The molecule has 0 spiro atoms. The maximum atomic E-state index is 12.3. The summed E-state index contributed by atoms with van der Waals surface area (Å²) in [5.41, 5.74) is 0.975. The minimum absolute atomic E-state index is 0.177. The maximum absolute atomic E-state index is 12.3. The Morgan fingerprint density at radius 3 is 2.63 bits per heavy atom. The smallest absolute Gasteiger partial charge is 0.0503 e. The van der Waals surface area contributed by atoms with Gasteiger partial charge in [0.25, 0.3) is 0 Å². The van der Waals surface area contributed by atoms with Gasteiger partial charge in [-0.2, -0.15) is 0 Å². The van der Waals surface area contributed by atoms with E-state index in [0.717, 1.165) is 24.9 Å². The highest BCUT2D eigenvalue weighted by Crippen LogP contribution is 2.19. The number of nitrogens with one attached hydrogen (secondary N) is 1. The van der Waals surface area contributed by atoms with Crippen LogP contribution in [0.2, 0.25) is 5.02 Å². The molecule has 0 aliphatic heterocycles. The Hall–Kier alpha value is -0.380. The highest BCUT2D eigenvalue weighted by Gasteiger charge is 2.15. The molecule has 3 atom stereocenters. The van der Waals surface area contributed by atoms with Gasteiger partial charge in [-0.1, -0.05) is 43.6 Å². The van der Waals surface area contributed by atoms with Crippen LogP contribution < -0.4 is 5.32 Å². The molecule has 0 saturated heterocycles. The zero-order valence-electron chi connectivity index (χ0n) is 12.0. The first-order chi connectivity index (χ1) is 9.04. The van der Waals surface area contributed by atoms with Crippen LogP contribution in [0.25, 0.3) is 0 Å². The molecule has 1 aromatic carbocycles. The van der Waals surface area contributed by atoms with Crippen molar-refractivity contribution in [2.45, 2.75) is 50.7 Å². The van der Waals surface area contributed by atoms with Crippen molar-refractivity contribution in [3.63, 3.8) is 0 Å². The quantitative estimate of drug-likeness (QED) is 0.792. The molecular formula is C15H24ClNOS. The maximum Gasteiger partial charge on any atom is 0.0503 e. The van der Waals surface area contributed by atoms with Gasteiger partial charge in [-0.3, -0.25) is 4.21 Å². The summed E-state index contributed by atoms with van der Waals surface area (Å²) in [5.74, 6) is 0.543. The van der Waals surface area contributed by atoms with Gasteiger partial charge in [0.15, 0.2) is 0 Å². The van der Waals surface area contributed by atoms with E-state index in [2.05, 4.69) is 26.1 Å². The molecule has 0 radical (unpaired) electrons. The summed E-state index contributed by atoms with van der Waals surface area (Å²) in [5, 5.41) is 4.32. The Morgan fingerprint density at radius 1 is 1.32 bits per heavy atom. The second-order valence-electron chi connectivity index (χ2n) is 5.02. The molecule has 0 heterocycles. The lowest BCUT2D eigenvalue weighted by Crippen LogP contribution is -2.31. The highest BCUT2D eigenvalue weighted by molar-refractivity contribution is 7.84. The first-order valence-electron chi connectivity index (χ1n) is 6.88. The predicted octanol–water partition coefficient (Wildman–Crippen LogP) is 3.76. The van der Waals surface area contributed by atoms with Crippen molar-refractivity contribution in [1.82, 2.24) is 5.32 Å². The first kappa shape index (κ1) is 16.7.